The Balaban J connectivity index is 1.40. The van der Waals surface area contributed by atoms with Crippen LogP contribution in [0.25, 0.3) is 0 Å². The second-order valence-electron chi connectivity index (χ2n) is 8.16. The smallest absolute Gasteiger partial charge is 0.253 e. The van der Waals surface area contributed by atoms with Crippen LogP contribution in [-0.4, -0.2) is 49.6 Å². The largest absolute Gasteiger partial charge is 0.370 e. The molecule has 2 aliphatic heterocycles. The zero-order chi connectivity index (χ0) is 20.5. The highest BCUT2D eigenvalue weighted by molar-refractivity contribution is 5.94. The number of benzene rings is 2. The number of aryl methyl sites for hydroxylation is 2. The molecule has 29 heavy (non-hydrogen) atoms. The van der Waals surface area contributed by atoms with Gasteiger partial charge >= 0.3 is 0 Å². The first-order valence-electron chi connectivity index (χ1n) is 10.4. The molecule has 1 amide bonds. The van der Waals surface area contributed by atoms with E-state index >= 15 is 0 Å². The molecule has 0 aromatic heterocycles. The molecule has 152 valence electrons. The molecule has 2 heterocycles. The maximum absolute atomic E-state index is 13.0. The van der Waals surface area contributed by atoms with E-state index in [9.17, 15) is 4.79 Å². The topological polar surface area (TPSA) is 38.8 Å². The molecule has 4 rings (SSSR count). The molecule has 0 saturated carbocycles. The van der Waals surface area contributed by atoms with Gasteiger partial charge in [-0.15, -0.1) is 0 Å². The number of amides is 1. The van der Waals surface area contributed by atoms with E-state index in [0.717, 1.165) is 49.8 Å². The second-order valence-corrected chi connectivity index (χ2v) is 8.16. The quantitative estimate of drug-likeness (QED) is 0.870. The van der Waals surface area contributed by atoms with Gasteiger partial charge in [-0.1, -0.05) is 24.3 Å². The van der Waals surface area contributed by atoms with Crippen LogP contribution < -0.4 is 15.1 Å². The van der Waals surface area contributed by atoms with E-state index in [0.29, 0.717) is 6.04 Å². The van der Waals surface area contributed by atoms with Crippen LogP contribution in [0.3, 0.4) is 0 Å². The lowest BCUT2D eigenvalue weighted by molar-refractivity contribution is 0.0747. The van der Waals surface area contributed by atoms with Crippen LogP contribution in [0.2, 0.25) is 0 Å². The SMILES string of the molecule is C=C1NCC(C)N1c1ccc(C(=O)N2CCN(c3ccc(C)cc3C)CC2)cc1. The van der Waals surface area contributed by atoms with Crippen LogP contribution in [0, 0.1) is 13.8 Å². The third-order valence-corrected chi connectivity index (χ3v) is 5.99. The van der Waals surface area contributed by atoms with Crippen molar-refractivity contribution >= 4 is 17.3 Å². The molecule has 2 fully saturated rings. The first-order valence-corrected chi connectivity index (χ1v) is 10.4. The van der Waals surface area contributed by atoms with Gasteiger partial charge in [0.2, 0.25) is 0 Å². The molecule has 1 N–H and O–H groups in total. The zero-order valence-electron chi connectivity index (χ0n) is 17.6. The minimum absolute atomic E-state index is 0.114. The lowest BCUT2D eigenvalue weighted by atomic mass is 10.1. The Morgan fingerprint density at radius 1 is 1.03 bits per heavy atom. The summed E-state index contributed by atoms with van der Waals surface area (Å²) in [7, 11) is 0. The number of rotatable bonds is 3. The van der Waals surface area contributed by atoms with Gasteiger partial charge in [0.15, 0.2) is 0 Å². The number of nitrogens with zero attached hydrogens (tertiary/aromatic N) is 3. The van der Waals surface area contributed by atoms with E-state index < -0.39 is 0 Å². The summed E-state index contributed by atoms with van der Waals surface area (Å²) in [5, 5.41) is 3.28. The van der Waals surface area contributed by atoms with Crippen molar-refractivity contribution in [3.05, 3.63) is 71.6 Å². The van der Waals surface area contributed by atoms with Gasteiger partial charge in [0.1, 0.15) is 0 Å². The molecule has 5 heteroatoms. The predicted octanol–water partition coefficient (Wildman–Crippen LogP) is 3.54. The fourth-order valence-electron chi connectivity index (χ4n) is 4.38. The van der Waals surface area contributed by atoms with E-state index in [2.05, 4.69) is 60.7 Å². The maximum Gasteiger partial charge on any atom is 0.253 e. The normalized spacial score (nSPS) is 19.5. The van der Waals surface area contributed by atoms with Crippen molar-refractivity contribution in [3.8, 4) is 0 Å². The third-order valence-electron chi connectivity index (χ3n) is 5.99. The number of piperazine rings is 1. The van der Waals surface area contributed by atoms with Crippen molar-refractivity contribution < 1.29 is 4.79 Å². The van der Waals surface area contributed by atoms with Crippen LogP contribution in [0.4, 0.5) is 11.4 Å². The lowest BCUT2D eigenvalue weighted by Crippen LogP contribution is -2.49. The summed E-state index contributed by atoms with van der Waals surface area (Å²) < 4.78 is 0. The van der Waals surface area contributed by atoms with Gasteiger partial charge in [0, 0.05) is 49.7 Å². The van der Waals surface area contributed by atoms with Gasteiger partial charge < -0.3 is 20.0 Å². The number of anilines is 2. The molecule has 2 aromatic carbocycles. The summed E-state index contributed by atoms with van der Waals surface area (Å²) in [6, 6.07) is 14.9. The summed E-state index contributed by atoms with van der Waals surface area (Å²) >= 11 is 0. The van der Waals surface area contributed by atoms with Crippen LogP contribution in [0.5, 0.6) is 0 Å². The minimum atomic E-state index is 0.114. The summed E-state index contributed by atoms with van der Waals surface area (Å²) in [5.41, 5.74) is 5.68. The highest BCUT2D eigenvalue weighted by Crippen LogP contribution is 2.26. The summed E-state index contributed by atoms with van der Waals surface area (Å²) in [5.74, 6) is 1.03. The van der Waals surface area contributed by atoms with Gasteiger partial charge in [0.05, 0.1) is 11.9 Å². The average Bonchev–Trinajstić information content (AvgIpc) is 3.06. The first-order chi connectivity index (χ1) is 13.9. The second kappa shape index (κ2) is 7.82. The van der Waals surface area contributed by atoms with Crippen LogP contribution in [0.15, 0.2) is 54.9 Å². The standard InChI is InChI=1S/C24H30N4O/c1-17-5-10-23(18(2)15-17)26-11-13-27(14-12-26)24(29)21-6-8-22(9-7-21)28-19(3)16-25-20(28)4/h5-10,15,19,25H,4,11-14,16H2,1-3H3. The Morgan fingerprint density at radius 2 is 1.72 bits per heavy atom. The summed E-state index contributed by atoms with van der Waals surface area (Å²) in [4.78, 5) is 19.5. The van der Waals surface area contributed by atoms with Crippen molar-refractivity contribution in [2.45, 2.75) is 26.8 Å². The zero-order valence-corrected chi connectivity index (χ0v) is 17.6. The molecule has 2 aliphatic rings. The third kappa shape index (κ3) is 3.82. The van der Waals surface area contributed by atoms with Gasteiger partial charge in [-0.2, -0.15) is 0 Å². The van der Waals surface area contributed by atoms with Gasteiger partial charge in [0.25, 0.3) is 5.91 Å². The summed E-state index contributed by atoms with van der Waals surface area (Å²) in [6.45, 7) is 14.6. The number of hydrogen-bond donors (Lipinski definition) is 1. The Hall–Kier alpha value is -2.95. The molecule has 0 spiro atoms. The number of carbonyl (C=O) groups excluding carboxylic acids is 1. The highest BCUT2D eigenvalue weighted by Gasteiger charge is 2.25. The highest BCUT2D eigenvalue weighted by atomic mass is 16.2. The number of nitrogens with one attached hydrogen (secondary N) is 1. The van der Waals surface area contributed by atoms with Crippen LogP contribution >= 0.6 is 0 Å². The molecule has 0 radical (unpaired) electrons. The number of hydrogen-bond acceptors (Lipinski definition) is 4. The van der Waals surface area contributed by atoms with Crippen LogP contribution in [0.1, 0.15) is 28.4 Å². The Labute approximate surface area is 173 Å². The van der Waals surface area contributed by atoms with E-state index in [1.165, 1.54) is 16.8 Å². The molecule has 5 nitrogen and oxygen atoms in total. The number of carbonyl (C=O) groups is 1. The fourth-order valence-corrected chi connectivity index (χ4v) is 4.38. The average molecular weight is 391 g/mol. The fraction of sp³-hybridized carbons (Fsp3) is 0.375. The maximum atomic E-state index is 13.0. The van der Waals surface area contributed by atoms with Crippen molar-refractivity contribution in [1.82, 2.24) is 10.2 Å². The first kappa shape index (κ1) is 19.4. The molecule has 0 aliphatic carbocycles. The predicted molar refractivity (Wildman–Crippen MR) is 120 cm³/mol. The monoisotopic (exact) mass is 390 g/mol. The van der Waals surface area contributed by atoms with E-state index in [1.54, 1.807) is 0 Å². The Kier molecular flexibility index (Phi) is 5.22. The molecule has 0 bridgehead atoms. The lowest BCUT2D eigenvalue weighted by Gasteiger charge is -2.37. The van der Waals surface area contributed by atoms with E-state index in [4.69, 9.17) is 0 Å². The van der Waals surface area contributed by atoms with Crippen molar-refractivity contribution in [2.24, 2.45) is 0 Å². The molecular formula is C24H30N4O. The van der Waals surface area contributed by atoms with E-state index in [1.807, 2.05) is 29.2 Å². The van der Waals surface area contributed by atoms with Gasteiger partial charge in [-0.05, 0) is 56.7 Å². The summed E-state index contributed by atoms with van der Waals surface area (Å²) in [6.07, 6.45) is 0. The van der Waals surface area contributed by atoms with Gasteiger partial charge in [-0.25, -0.2) is 0 Å². The van der Waals surface area contributed by atoms with E-state index in [-0.39, 0.29) is 5.91 Å². The molecule has 2 saturated heterocycles. The van der Waals surface area contributed by atoms with Gasteiger partial charge in [-0.3, -0.25) is 4.79 Å². The van der Waals surface area contributed by atoms with Crippen molar-refractivity contribution in [1.29, 1.82) is 0 Å². The van der Waals surface area contributed by atoms with Crippen LogP contribution in [-0.2, 0) is 0 Å². The minimum Gasteiger partial charge on any atom is -0.370 e. The molecule has 1 unspecified atom stereocenters. The Bertz CT molecular complexity index is 913. The van der Waals surface area contributed by atoms with Crippen molar-refractivity contribution in [2.75, 3.05) is 42.5 Å². The molecule has 2 aromatic rings. The molecular weight excluding hydrogens is 360 g/mol. The Morgan fingerprint density at radius 3 is 2.31 bits per heavy atom. The van der Waals surface area contributed by atoms with Crippen molar-refractivity contribution in [3.63, 3.8) is 0 Å². The molecule has 1 atom stereocenters.